The third-order valence-electron chi connectivity index (χ3n) is 3.57. The van der Waals surface area contributed by atoms with Gasteiger partial charge >= 0.3 is 0 Å². The fourth-order valence-electron chi connectivity index (χ4n) is 2.41. The minimum atomic E-state index is -3.86. The Hall–Kier alpha value is -2.60. The molecule has 0 amide bonds. The van der Waals surface area contributed by atoms with Crippen LogP contribution >= 0.6 is 0 Å². The molecular weight excluding hydrogens is 302 g/mol. The lowest BCUT2D eigenvalue weighted by atomic mass is 10.0. The van der Waals surface area contributed by atoms with E-state index in [-0.39, 0.29) is 21.9 Å². The molecule has 1 aliphatic rings. The van der Waals surface area contributed by atoms with Crippen LogP contribution in [0.4, 0.5) is 0 Å². The van der Waals surface area contributed by atoms with Crippen LogP contribution in [0.25, 0.3) is 5.76 Å². The predicted molar refractivity (Wildman–Crippen MR) is 81.7 cm³/mol. The molecule has 112 valence electrons. The first kappa shape index (κ1) is 14.3. The maximum atomic E-state index is 12.6. The molecule has 22 heavy (non-hydrogen) atoms. The Morgan fingerprint density at radius 1 is 1.00 bits per heavy atom. The topological polar surface area (TPSA) is 74.7 Å². The molecule has 6 heteroatoms. The van der Waals surface area contributed by atoms with Gasteiger partial charge in [-0.05, 0) is 12.1 Å². The van der Waals surface area contributed by atoms with E-state index in [1.165, 1.54) is 19.2 Å². The van der Waals surface area contributed by atoms with Gasteiger partial charge in [-0.2, -0.15) is 0 Å². The summed E-state index contributed by atoms with van der Waals surface area (Å²) in [6.45, 7) is 0. The summed E-state index contributed by atoms with van der Waals surface area (Å²) in [6.07, 6.45) is 0. The highest BCUT2D eigenvalue weighted by Gasteiger charge is 2.39. The monoisotopic (exact) mass is 315 g/mol. The van der Waals surface area contributed by atoms with Crippen LogP contribution in [0.2, 0.25) is 0 Å². The van der Waals surface area contributed by atoms with E-state index < -0.39 is 15.8 Å². The molecule has 0 saturated heterocycles. The molecule has 0 unspecified atom stereocenters. The zero-order chi connectivity index (χ0) is 15.9. The lowest BCUT2D eigenvalue weighted by Crippen LogP contribution is -2.37. The van der Waals surface area contributed by atoms with Crippen molar-refractivity contribution in [2.45, 2.75) is 4.90 Å². The van der Waals surface area contributed by atoms with Gasteiger partial charge in [-0.15, -0.1) is 0 Å². The van der Waals surface area contributed by atoms with Gasteiger partial charge in [-0.25, -0.2) is 8.42 Å². The largest absolute Gasteiger partial charge is 0.505 e. The minimum Gasteiger partial charge on any atom is -0.505 e. The lowest BCUT2D eigenvalue weighted by Gasteiger charge is -2.28. The first-order valence-electron chi connectivity index (χ1n) is 6.56. The van der Waals surface area contributed by atoms with Crippen LogP contribution in [0.15, 0.2) is 65.2 Å². The third-order valence-corrected chi connectivity index (χ3v) is 5.39. The van der Waals surface area contributed by atoms with E-state index in [1.807, 2.05) is 0 Å². The molecule has 2 aromatic carbocycles. The van der Waals surface area contributed by atoms with Crippen LogP contribution < -0.4 is 0 Å². The summed E-state index contributed by atoms with van der Waals surface area (Å²) >= 11 is 0. The summed E-state index contributed by atoms with van der Waals surface area (Å²) in [5.74, 6) is -0.875. The second kappa shape index (κ2) is 4.99. The Balaban J connectivity index is 2.30. The zero-order valence-electron chi connectivity index (χ0n) is 11.7. The number of ketones is 1. The number of Topliss-reactive ketones (excluding diaryl/α,β-unsaturated/α-hetero) is 1. The number of aliphatic hydroxyl groups excluding tert-OH is 1. The number of hydrogen-bond donors (Lipinski definition) is 1. The number of hydrogen-bond acceptors (Lipinski definition) is 4. The van der Waals surface area contributed by atoms with Crippen molar-refractivity contribution in [2.75, 3.05) is 7.05 Å². The van der Waals surface area contributed by atoms with Crippen LogP contribution in [0.1, 0.15) is 15.9 Å². The molecule has 0 fully saturated rings. The summed E-state index contributed by atoms with van der Waals surface area (Å²) in [6, 6.07) is 14.4. The molecule has 0 spiro atoms. The van der Waals surface area contributed by atoms with Crippen LogP contribution in [0.3, 0.4) is 0 Å². The number of benzene rings is 2. The van der Waals surface area contributed by atoms with Crippen LogP contribution in [0, 0.1) is 0 Å². The zero-order valence-corrected chi connectivity index (χ0v) is 12.5. The second-order valence-electron chi connectivity index (χ2n) is 4.86. The number of fused-ring (bicyclic) bond motifs is 1. The number of carbonyl (C=O) groups is 1. The highest BCUT2D eigenvalue weighted by atomic mass is 32.2. The van der Waals surface area contributed by atoms with Crippen LogP contribution in [0.5, 0.6) is 0 Å². The van der Waals surface area contributed by atoms with Crippen molar-refractivity contribution < 1.29 is 18.3 Å². The van der Waals surface area contributed by atoms with Crippen molar-refractivity contribution in [1.29, 1.82) is 0 Å². The number of likely N-dealkylation sites (N-methyl/N-ethyl adjacent to an activating group) is 1. The van der Waals surface area contributed by atoms with Gasteiger partial charge in [0.25, 0.3) is 10.0 Å². The Morgan fingerprint density at radius 3 is 2.27 bits per heavy atom. The molecule has 0 bridgehead atoms. The molecule has 0 atom stereocenters. The van der Waals surface area contributed by atoms with Gasteiger partial charge in [-0.3, -0.25) is 9.10 Å². The normalized spacial score (nSPS) is 18.8. The summed E-state index contributed by atoms with van der Waals surface area (Å²) in [5, 5.41) is 10.4. The van der Waals surface area contributed by atoms with Crippen molar-refractivity contribution in [1.82, 2.24) is 4.31 Å². The molecule has 1 heterocycles. The molecule has 1 aliphatic heterocycles. The van der Waals surface area contributed by atoms with E-state index in [9.17, 15) is 18.3 Å². The Morgan fingerprint density at radius 2 is 1.59 bits per heavy atom. The van der Waals surface area contributed by atoms with Gasteiger partial charge in [-0.1, -0.05) is 42.5 Å². The Bertz CT molecular complexity index is 885. The lowest BCUT2D eigenvalue weighted by molar-refractivity contribution is 0.100. The maximum absolute atomic E-state index is 12.6. The summed E-state index contributed by atoms with van der Waals surface area (Å²) in [7, 11) is -2.60. The molecule has 0 aliphatic carbocycles. The van der Waals surface area contributed by atoms with Crippen molar-refractivity contribution >= 4 is 21.6 Å². The van der Waals surface area contributed by atoms with E-state index in [2.05, 4.69) is 0 Å². The fraction of sp³-hybridized carbons (Fsp3) is 0.0625. The Kier molecular flexibility index (Phi) is 3.26. The van der Waals surface area contributed by atoms with E-state index in [4.69, 9.17) is 0 Å². The first-order valence-corrected chi connectivity index (χ1v) is 8.00. The quantitative estimate of drug-likeness (QED) is 0.648. The van der Waals surface area contributed by atoms with E-state index >= 15 is 0 Å². The van der Waals surface area contributed by atoms with E-state index in [0.29, 0.717) is 5.56 Å². The number of aliphatic hydroxyl groups is 1. The molecule has 2 aromatic rings. The highest BCUT2D eigenvalue weighted by molar-refractivity contribution is 7.89. The molecular formula is C16H13NO4S. The maximum Gasteiger partial charge on any atom is 0.265 e. The van der Waals surface area contributed by atoms with Gasteiger partial charge in [0.1, 0.15) is 5.70 Å². The van der Waals surface area contributed by atoms with Gasteiger partial charge in [0.15, 0.2) is 5.76 Å². The second-order valence-corrected chi connectivity index (χ2v) is 6.80. The average molecular weight is 315 g/mol. The van der Waals surface area contributed by atoms with Crippen molar-refractivity contribution in [3.05, 3.63) is 71.4 Å². The number of rotatable bonds is 1. The molecule has 3 rings (SSSR count). The van der Waals surface area contributed by atoms with Gasteiger partial charge in [0, 0.05) is 18.2 Å². The third kappa shape index (κ3) is 2.00. The van der Waals surface area contributed by atoms with Crippen LogP contribution in [-0.2, 0) is 10.0 Å². The van der Waals surface area contributed by atoms with Gasteiger partial charge < -0.3 is 5.11 Å². The molecule has 0 saturated carbocycles. The predicted octanol–water partition coefficient (Wildman–Crippen LogP) is 2.43. The summed E-state index contributed by atoms with van der Waals surface area (Å²) < 4.78 is 25.9. The SMILES string of the molecule is CN1/C(=C(/O)c2ccccc2)C(=O)c2ccccc2S1(=O)=O. The van der Waals surface area contributed by atoms with Crippen molar-refractivity contribution in [3.8, 4) is 0 Å². The van der Waals surface area contributed by atoms with Crippen molar-refractivity contribution in [2.24, 2.45) is 0 Å². The van der Waals surface area contributed by atoms with Crippen LogP contribution in [-0.4, -0.2) is 30.7 Å². The minimum absolute atomic E-state index is 0.0490. The molecule has 0 radical (unpaired) electrons. The smallest absolute Gasteiger partial charge is 0.265 e. The average Bonchev–Trinajstić information content (AvgIpc) is 2.54. The fourth-order valence-corrected chi connectivity index (χ4v) is 3.80. The number of carbonyl (C=O) groups excluding carboxylic acids is 1. The number of nitrogens with zero attached hydrogens (tertiary/aromatic N) is 1. The number of allylic oxidation sites excluding steroid dienone is 1. The van der Waals surface area contributed by atoms with Gasteiger partial charge in [0.2, 0.25) is 5.78 Å². The first-order chi connectivity index (χ1) is 10.4. The van der Waals surface area contributed by atoms with Gasteiger partial charge in [0.05, 0.1) is 4.90 Å². The van der Waals surface area contributed by atoms with E-state index in [1.54, 1.807) is 42.5 Å². The molecule has 1 N–H and O–H groups in total. The summed E-state index contributed by atoms with van der Waals surface area (Å²) in [5.41, 5.74) is 0.204. The van der Waals surface area contributed by atoms with Crippen molar-refractivity contribution in [3.63, 3.8) is 0 Å². The summed E-state index contributed by atoms with van der Waals surface area (Å²) in [4.78, 5) is 12.6. The number of sulfonamides is 1. The molecule has 5 nitrogen and oxygen atoms in total. The standard InChI is InChI=1S/C16H13NO4S/c1-17-14(15(18)11-7-3-2-4-8-11)16(19)12-9-5-6-10-13(12)22(17,20)21/h2-10,18H,1H3/b15-14+. The highest BCUT2D eigenvalue weighted by Crippen LogP contribution is 2.33. The Labute approximate surface area is 128 Å². The van der Waals surface area contributed by atoms with E-state index in [0.717, 1.165) is 4.31 Å². The molecule has 0 aromatic heterocycles.